The number of rotatable bonds is 4. The second kappa shape index (κ2) is 7.00. The van der Waals surface area contributed by atoms with E-state index in [1.54, 1.807) is 23.6 Å². The maximum Gasteiger partial charge on any atom is 0.252 e. The fraction of sp³-hybridized carbons (Fsp3) is 0.375. The Labute approximate surface area is 145 Å². The van der Waals surface area contributed by atoms with Crippen LogP contribution in [0.1, 0.15) is 18.5 Å². The Kier molecular flexibility index (Phi) is 4.98. The predicted octanol–water partition coefficient (Wildman–Crippen LogP) is 2.49. The van der Waals surface area contributed by atoms with Crippen molar-refractivity contribution in [3.8, 4) is 0 Å². The van der Waals surface area contributed by atoms with Gasteiger partial charge in [0.05, 0.1) is 5.92 Å². The molecule has 1 amide bonds. The average Bonchev–Trinajstić information content (AvgIpc) is 3.10. The van der Waals surface area contributed by atoms with Gasteiger partial charge in [-0.15, -0.1) is 11.3 Å². The molecule has 0 radical (unpaired) electrons. The van der Waals surface area contributed by atoms with Crippen LogP contribution in [0.2, 0.25) is 0 Å². The number of nitrogens with one attached hydrogen (secondary N) is 1. The third-order valence-corrected chi connectivity index (χ3v) is 7.22. The number of amides is 1. The van der Waals surface area contributed by atoms with E-state index >= 15 is 0 Å². The number of hydrogen-bond donors (Lipinski definition) is 1. The highest BCUT2D eigenvalue weighted by molar-refractivity contribution is 7.91. The molecule has 0 spiro atoms. The van der Waals surface area contributed by atoms with Gasteiger partial charge in [0.25, 0.3) is 10.0 Å². The largest absolute Gasteiger partial charge is 0.310 e. The van der Waals surface area contributed by atoms with E-state index in [4.69, 9.17) is 0 Å². The molecule has 6 nitrogen and oxygen atoms in total. The van der Waals surface area contributed by atoms with E-state index in [-0.39, 0.29) is 18.4 Å². The Bertz CT molecular complexity index is 819. The van der Waals surface area contributed by atoms with E-state index in [0.29, 0.717) is 29.4 Å². The summed E-state index contributed by atoms with van der Waals surface area (Å²) in [5.41, 5.74) is 0.818. The second-order valence-electron chi connectivity index (χ2n) is 5.79. The van der Waals surface area contributed by atoms with Crippen molar-refractivity contribution in [1.82, 2.24) is 9.29 Å². The number of hydrogen-bond acceptors (Lipinski definition) is 5. The van der Waals surface area contributed by atoms with Crippen LogP contribution in [0.3, 0.4) is 0 Å². The molecule has 128 valence electrons. The summed E-state index contributed by atoms with van der Waals surface area (Å²) >= 11 is 1.20. The first-order valence-corrected chi connectivity index (χ1v) is 10.1. The molecule has 0 aromatic carbocycles. The molecule has 8 heteroatoms. The summed E-state index contributed by atoms with van der Waals surface area (Å²) in [4.78, 5) is 16.7. The van der Waals surface area contributed by atoms with Crippen molar-refractivity contribution in [3.05, 3.63) is 41.4 Å². The summed E-state index contributed by atoms with van der Waals surface area (Å²) in [6.07, 6.45) is 1.35. The number of aryl methyl sites for hydroxylation is 1. The number of carbonyl (C=O) groups excluding carboxylic acids is 1. The predicted molar refractivity (Wildman–Crippen MR) is 93.4 cm³/mol. The van der Waals surface area contributed by atoms with E-state index < -0.39 is 10.0 Å². The fourth-order valence-electron chi connectivity index (χ4n) is 2.75. The number of anilines is 1. The zero-order chi connectivity index (χ0) is 17.2. The number of piperidine rings is 1. The zero-order valence-electron chi connectivity index (χ0n) is 13.3. The molecule has 1 N–H and O–H groups in total. The molecule has 3 rings (SSSR count). The molecule has 1 saturated heterocycles. The summed E-state index contributed by atoms with van der Waals surface area (Å²) < 4.78 is 27.0. The molecular weight excluding hydrogens is 346 g/mol. The van der Waals surface area contributed by atoms with Crippen LogP contribution in [0.25, 0.3) is 0 Å². The maximum atomic E-state index is 12.6. The third kappa shape index (κ3) is 3.66. The van der Waals surface area contributed by atoms with E-state index in [1.807, 2.05) is 19.1 Å². The van der Waals surface area contributed by atoms with Gasteiger partial charge in [-0.25, -0.2) is 13.4 Å². The molecule has 2 aromatic heterocycles. The zero-order valence-corrected chi connectivity index (χ0v) is 14.9. The molecule has 0 unspecified atom stereocenters. The van der Waals surface area contributed by atoms with E-state index in [0.717, 1.165) is 5.69 Å². The first-order chi connectivity index (χ1) is 11.5. The standard InChI is InChI=1S/C16H19N3O3S2/c1-12-5-2-7-14(17-12)18-16(20)13-6-3-9-19(11-13)24(21,22)15-8-4-10-23-15/h2,4-5,7-8,10,13H,3,6,9,11H2,1H3,(H,17,18,20)/t13-/m1/s1. The second-order valence-corrected chi connectivity index (χ2v) is 8.90. The average molecular weight is 365 g/mol. The van der Waals surface area contributed by atoms with Gasteiger partial charge in [0.1, 0.15) is 10.0 Å². The Hall–Kier alpha value is -1.77. The van der Waals surface area contributed by atoms with Crippen LogP contribution in [-0.4, -0.2) is 36.7 Å². The lowest BCUT2D eigenvalue weighted by atomic mass is 9.99. The van der Waals surface area contributed by atoms with Crippen molar-refractivity contribution in [2.75, 3.05) is 18.4 Å². The number of aromatic nitrogens is 1. The van der Waals surface area contributed by atoms with E-state index in [9.17, 15) is 13.2 Å². The van der Waals surface area contributed by atoms with Crippen molar-refractivity contribution in [2.45, 2.75) is 24.0 Å². The van der Waals surface area contributed by atoms with Gasteiger partial charge in [-0.2, -0.15) is 4.31 Å². The minimum absolute atomic E-state index is 0.181. The Morgan fingerprint density at radius 2 is 2.17 bits per heavy atom. The molecule has 0 bridgehead atoms. The van der Waals surface area contributed by atoms with Gasteiger partial charge in [0, 0.05) is 18.8 Å². The number of carbonyl (C=O) groups is 1. The van der Waals surface area contributed by atoms with Crippen molar-refractivity contribution in [2.24, 2.45) is 5.92 Å². The molecule has 1 atom stereocenters. The summed E-state index contributed by atoms with van der Waals surface area (Å²) in [5, 5.41) is 4.53. The highest BCUT2D eigenvalue weighted by atomic mass is 32.2. The van der Waals surface area contributed by atoms with E-state index in [2.05, 4.69) is 10.3 Å². The van der Waals surface area contributed by atoms with Gasteiger partial charge >= 0.3 is 0 Å². The summed E-state index contributed by atoms with van der Waals surface area (Å²) in [7, 11) is -3.51. The third-order valence-electron chi connectivity index (χ3n) is 3.98. The fourth-order valence-corrected chi connectivity index (χ4v) is 5.42. The van der Waals surface area contributed by atoms with Crippen molar-refractivity contribution in [1.29, 1.82) is 0 Å². The van der Waals surface area contributed by atoms with Crippen molar-refractivity contribution < 1.29 is 13.2 Å². The number of nitrogens with zero attached hydrogens (tertiary/aromatic N) is 2. The van der Waals surface area contributed by atoms with Crippen LogP contribution in [0.5, 0.6) is 0 Å². The first kappa shape index (κ1) is 17.1. The number of pyridine rings is 1. The van der Waals surface area contributed by atoms with Crippen LogP contribution in [0.15, 0.2) is 39.9 Å². The molecule has 2 aromatic rings. The highest BCUT2D eigenvalue weighted by Gasteiger charge is 2.33. The molecule has 1 aliphatic heterocycles. The van der Waals surface area contributed by atoms with Crippen LogP contribution in [0.4, 0.5) is 5.82 Å². The van der Waals surface area contributed by atoms with Crippen LogP contribution in [0, 0.1) is 12.8 Å². The van der Waals surface area contributed by atoms with Gasteiger partial charge in [-0.3, -0.25) is 4.79 Å². The number of thiophene rings is 1. The van der Waals surface area contributed by atoms with Gasteiger partial charge in [0.2, 0.25) is 5.91 Å². The van der Waals surface area contributed by atoms with Gasteiger partial charge in [-0.1, -0.05) is 12.1 Å². The van der Waals surface area contributed by atoms with Gasteiger partial charge in [-0.05, 0) is 43.3 Å². The number of sulfonamides is 1. The normalized spacial score (nSPS) is 19.1. The van der Waals surface area contributed by atoms with Gasteiger partial charge in [0.15, 0.2) is 0 Å². The minimum atomic E-state index is -3.51. The van der Waals surface area contributed by atoms with Crippen molar-refractivity contribution >= 4 is 33.1 Å². The molecule has 3 heterocycles. The molecule has 0 aliphatic carbocycles. The van der Waals surface area contributed by atoms with Crippen molar-refractivity contribution in [3.63, 3.8) is 0 Å². The molecular formula is C16H19N3O3S2. The monoisotopic (exact) mass is 365 g/mol. The Morgan fingerprint density at radius 3 is 2.88 bits per heavy atom. The lowest BCUT2D eigenvalue weighted by Gasteiger charge is -2.30. The summed E-state index contributed by atoms with van der Waals surface area (Å²) in [6, 6.07) is 8.72. The van der Waals surface area contributed by atoms with Gasteiger partial charge < -0.3 is 5.32 Å². The summed E-state index contributed by atoms with van der Waals surface area (Å²) in [6.45, 7) is 2.51. The molecule has 1 fully saturated rings. The molecule has 1 aliphatic rings. The highest BCUT2D eigenvalue weighted by Crippen LogP contribution is 2.26. The SMILES string of the molecule is Cc1cccc(NC(=O)[C@@H]2CCCN(S(=O)(=O)c3cccs3)C2)n1. The van der Waals surface area contributed by atoms with E-state index in [1.165, 1.54) is 15.6 Å². The lowest BCUT2D eigenvalue weighted by molar-refractivity contribution is -0.120. The lowest BCUT2D eigenvalue weighted by Crippen LogP contribution is -2.43. The first-order valence-electron chi connectivity index (χ1n) is 7.75. The Balaban J connectivity index is 1.70. The van der Waals surface area contributed by atoms with Crippen LogP contribution in [-0.2, 0) is 14.8 Å². The minimum Gasteiger partial charge on any atom is -0.310 e. The van der Waals surface area contributed by atoms with Crippen LogP contribution >= 0.6 is 11.3 Å². The quantitative estimate of drug-likeness (QED) is 0.903. The smallest absolute Gasteiger partial charge is 0.252 e. The van der Waals surface area contributed by atoms with Crippen LogP contribution < -0.4 is 5.32 Å². The topological polar surface area (TPSA) is 79.4 Å². The summed E-state index contributed by atoms with van der Waals surface area (Å²) in [5.74, 6) is -0.0479. The molecule has 0 saturated carbocycles. The Morgan fingerprint density at radius 1 is 1.33 bits per heavy atom. The maximum absolute atomic E-state index is 12.6. The molecule has 24 heavy (non-hydrogen) atoms.